The van der Waals surface area contributed by atoms with Crippen LogP contribution in [0.25, 0.3) is 0 Å². The Kier molecular flexibility index (Phi) is 7.65. The van der Waals surface area contributed by atoms with Crippen molar-refractivity contribution in [2.24, 2.45) is 0 Å². The molecule has 2 aromatic carbocycles. The van der Waals surface area contributed by atoms with Crippen LogP contribution in [-0.4, -0.2) is 19.5 Å². The Labute approximate surface area is 126 Å². The van der Waals surface area contributed by atoms with Gasteiger partial charge in [0.1, 0.15) is 24.7 Å². The van der Waals surface area contributed by atoms with Crippen molar-refractivity contribution >= 4 is 6.29 Å². The summed E-state index contributed by atoms with van der Waals surface area (Å²) in [6.07, 6.45) is 0.789. The molecular weight excluding hydrogens is 264 g/mol. The highest BCUT2D eigenvalue weighted by Crippen LogP contribution is 2.17. The number of ether oxygens (including phenoxy) is 2. The minimum absolute atomic E-state index is 0.402. The molecule has 21 heavy (non-hydrogen) atoms. The summed E-state index contributed by atoms with van der Waals surface area (Å²) in [6.45, 7) is 6.84. The van der Waals surface area contributed by atoms with Crippen LogP contribution in [0.5, 0.6) is 11.5 Å². The van der Waals surface area contributed by atoms with Crippen molar-refractivity contribution in [3.63, 3.8) is 0 Å². The smallest absolute Gasteiger partial charge is 0.153 e. The molecule has 0 saturated carbocycles. The van der Waals surface area contributed by atoms with Gasteiger partial charge < -0.3 is 9.47 Å². The topological polar surface area (TPSA) is 35.5 Å². The van der Waals surface area contributed by atoms with Crippen molar-refractivity contribution < 1.29 is 14.3 Å². The van der Waals surface area contributed by atoms with Crippen LogP contribution >= 0.6 is 0 Å². The van der Waals surface area contributed by atoms with Gasteiger partial charge in [0.2, 0.25) is 0 Å². The molecule has 2 aromatic rings. The molecule has 3 nitrogen and oxygen atoms in total. The Bertz CT molecular complexity index is 550. The number of carbonyl (C=O) groups is 1. The fourth-order valence-electron chi connectivity index (χ4n) is 1.73. The molecule has 0 amide bonds. The normalized spacial score (nSPS) is 9.29. The minimum Gasteiger partial charge on any atom is -0.490 e. The van der Waals surface area contributed by atoms with Crippen LogP contribution in [0.1, 0.15) is 29.8 Å². The van der Waals surface area contributed by atoms with Gasteiger partial charge in [-0.25, -0.2) is 0 Å². The summed E-state index contributed by atoms with van der Waals surface area (Å²) >= 11 is 0. The molecule has 0 atom stereocenters. The maximum absolute atomic E-state index is 10.8. The second-order valence-corrected chi connectivity index (χ2v) is 4.12. The third-order valence-electron chi connectivity index (χ3n) is 2.74. The van der Waals surface area contributed by atoms with Crippen molar-refractivity contribution in [2.75, 3.05) is 13.2 Å². The fourth-order valence-corrected chi connectivity index (χ4v) is 1.73. The standard InChI is InChI=1S/C16H16O3.C2H6/c1-13-6-2-4-8-15(13)18-10-11-19-16-9-5-3-7-14(16)12-17;1-2/h2-9,12H,10-11H2,1H3;1-2H3. The number of hydrogen-bond acceptors (Lipinski definition) is 3. The molecule has 0 bridgehead atoms. The van der Waals surface area contributed by atoms with Crippen LogP contribution in [0.2, 0.25) is 0 Å². The summed E-state index contributed by atoms with van der Waals surface area (Å²) in [7, 11) is 0. The van der Waals surface area contributed by atoms with Gasteiger partial charge in [0.25, 0.3) is 0 Å². The van der Waals surface area contributed by atoms with E-state index in [4.69, 9.17) is 9.47 Å². The molecule has 0 heterocycles. The van der Waals surface area contributed by atoms with Gasteiger partial charge in [-0.2, -0.15) is 0 Å². The van der Waals surface area contributed by atoms with E-state index in [9.17, 15) is 4.79 Å². The van der Waals surface area contributed by atoms with Crippen molar-refractivity contribution in [1.82, 2.24) is 0 Å². The van der Waals surface area contributed by atoms with E-state index < -0.39 is 0 Å². The van der Waals surface area contributed by atoms with Crippen molar-refractivity contribution in [2.45, 2.75) is 20.8 Å². The highest BCUT2D eigenvalue weighted by atomic mass is 16.5. The summed E-state index contributed by atoms with van der Waals surface area (Å²) < 4.78 is 11.2. The molecular formula is C18H22O3. The van der Waals surface area contributed by atoms with Gasteiger partial charge >= 0.3 is 0 Å². The number of para-hydroxylation sites is 2. The highest BCUT2D eigenvalue weighted by molar-refractivity contribution is 5.79. The molecule has 0 aliphatic heterocycles. The van der Waals surface area contributed by atoms with Gasteiger partial charge in [-0.3, -0.25) is 4.79 Å². The first kappa shape index (κ1) is 16.8. The third kappa shape index (κ3) is 5.30. The monoisotopic (exact) mass is 286 g/mol. The van der Waals surface area contributed by atoms with Gasteiger partial charge in [0.15, 0.2) is 6.29 Å². The van der Waals surface area contributed by atoms with Gasteiger partial charge in [-0.05, 0) is 30.7 Å². The van der Waals surface area contributed by atoms with Gasteiger partial charge in [0.05, 0.1) is 5.56 Å². The van der Waals surface area contributed by atoms with E-state index in [0.29, 0.717) is 24.5 Å². The Balaban J connectivity index is 0.00000106. The fraction of sp³-hybridized carbons (Fsp3) is 0.278. The zero-order valence-corrected chi connectivity index (χ0v) is 12.8. The molecule has 0 aliphatic carbocycles. The Morgan fingerprint density at radius 2 is 1.38 bits per heavy atom. The summed E-state index contributed by atoms with van der Waals surface area (Å²) in [4.78, 5) is 10.8. The van der Waals surface area contributed by atoms with E-state index >= 15 is 0 Å². The van der Waals surface area contributed by atoms with E-state index in [1.165, 1.54) is 0 Å². The van der Waals surface area contributed by atoms with Crippen molar-refractivity contribution in [3.8, 4) is 11.5 Å². The van der Waals surface area contributed by atoms with Crippen LogP contribution in [0.3, 0.4) is 0 Å². The van der Waals surface area contributed by atoms with Gasteiger partial charge in [-0.15, -0.1) is 0 Å². The van der Waals surface area contributed by atoms with E-state index in [1.54, 1.807) is 18.2 Å². The molecule has 0 aromatic heterocycles. The average molecular weight is 286 g/mol. The van der Waals surface area contributed by atoms with Crippen molar-refractivity contribution in [1.29, 1.82) is 0 Å². The predicted molar refractivity (Wildman–Crippen MR) is 85.3 cm³/mol. The maximum atomic E-state index is 10.8. The predicted octanol–water partition coefficient (Wildman–Crippen LogP) is 4.29. The zero-order chi connectivity index (χ0) is 15.5. The molecule has 0 radical (unpaired) electrons. The SMILES string of the molecule is CC.Cc1ccccc1OCCOc1ccccc1C=O. The summed E-state index contributed by atoms with van der Waals surface area (Å²) in [5.74, 6) is 1.45. The summed E-state index contributed by atoms with van der Waals surface area (Å²) in [6, 6.07) is 15.0. The first-order chi connectivity index (χ1) is 10.3. The maximum Gasteiger partial charge on any atom is 0.153 e. The zero-order valence-electron chi connectivity index (χ0n) is 12.8. The van der Waals surface area contributed by atoms with Crippen LogP contribution in [0.4, 0.5) is 0 Å². The third-order valence-corrected chi connectivity index (χ3v) is 2.74. The van der Waals surface area contributed by atoms with E-state index in [0.717, 1.165) is 17.6 Å². The van der Waals surface area contributed by atoms with Crippen LogP contribution in [0, 0.1) is 6.92 Å². The average Bonchev–Trinajstić information content (AvgIpc) is 2.55. The van der Waals surface area contributed by atoms with E-state index in [1.807, 2.05) is 51.1 Å². The molecule has 0 aliphatic rings. The molecule has 0 saturated heterocycles. The summed E-state index contributed by atoms with van der Waals surface area (Å²) in [5, 5.41) is 0. The molecule has 0 fully saturated rings. The molecule has 0 spiro atoms. The molecule has 3 heteroatoms. The van der Waals surface area contributed by atoms with Gasteiger partial charge in [0, 0.05) is 0 Å². The number of carbonyl (C=O) groups excluding carboxylic acids is 1. The lowest BCUT2D eigenvalue weighted by Gasteiger charge is -2.11. The summed E-state index contributed by atoms with van der Waals surface area (Å²) in [5.41, 5.74) is 1.65. The first-order valence-corrected chi connectivity index (χ1v) is 7.16. The van der Waals surface area contributed by atoms with Crippen LogP contribution in [-0.2, 0) is 0 Å². The molecule has 112 valence electrons. The molecule has 0 N–H and O–H groups in total. The largest absolute Gasteiger partial charge is 0.490 e. The minimum atomic E-state index is 0.402. The Hall–Kier alpha value is -2.29. The lowest BCUT2D eigenvalue weighted by molar-refractivity contribution is 0.111. The molecule has 0 unspecified atom stereocenters. The highest BCUT2D eigenvalue weighted by Gasteiger charge is 2.02. The number of rotatable bonds is 6. The van der Waals surface area contributed by atoms with E-state index in [2.05, 4.69) is 0 Å². The lowest BCUT2D eigenvalue weighted by atomic mass is 10.2. The molecule has 2 rings (SSSR count). The van der Waals surface area contributed by atoms with Gasteiger partial charge in [-0.1, -0.05) is 44.2 Å². The van der Waals surface area contributed by atoms with E-state index in [-0.39, 0.29) is 0 Å². The van der Waals surface area contributed by atoms with Crippen molar-refractivity contribution in [3.05, 3.63) is 59.7 Å². The first-order valence-electron chi connectivity index (χ1n) is 7.16. The number of aldehydes is 1. The lowest BCUT2D eigenvalue weighted by Crippen LogP contribution is -2.10. The quantitative estimate of drug-likeness (QED) is 0.587. The second kappa shape index (κ2) is 9.59. The Morgan fingerprint density at radius 1 is 0.857 bits per heavy atom. The Morgan fingerprint density at radius 3 is 2.00 bits per heavy atom. The number of benzene rings is 2. The van der Waals surface area contributed by atoms with Crippen LogP contribution in [0.15, 0.2) is 48.5 Å². The van der Waals surface area contributed by atoms with Crippen LogP contribution < -0.4 is 9.47 Å². The number of aryl methyl sites for hydroxylation is 1. The second-order valence-electron chi connectivity index (χ2n) is 4.12. The number of hydrogen-bond donors (Lipinski definition) is 0.